The number of aromatic nitrogens is 4. The molecule has 3 aromatic heterocycles. The number of pyridine rings is 2. The molecule has 34 heavy (non-hydrogen) atoms. The summed E-state index contributed by atoms with van der Waals surface area (Å²) in [6.45, 7) is 4.40. The van der Waals surface area contributed by atoms with Gasteiger partial charge in [-0.2, -0.15) is 13.2 Å². The van der Waals surface area contributed by atoms with Crippen LogP contribution in [-0.2, 0) is 12.6 Å². The quantitative estimate of drug-likeness (QED) is 0.518. The average Bonchev–Trinajstić information content (AvgIpc) is 2.83. The third kappa shape index (κ3) is 5.24. The van der Waals surface area contributed by atoms with Gasteiger partial charge in [-0.25, -0.2) is 15.0 Å². The van der Waals surface area contributed by atoms with Gasteiger partial charge in [-0.1, -0.05) is 6.92 Å². The van der Waals surface area contributed by atoms with Gasteiger partial charge in [0.2, 0.25) is 0 Å². The zero-order valence-corrected chi connectivity index (χ0v) is 19.1. The van der Waals surface area contributed by atoms with Gasteiger partial charge in [0.25, 0.3) is 5.91 Å². The van der Waals surface area contributed by atoms with Crippen molar-refractivity contribution in [2.75, 3.05) is 6.54 Å². The maximum absolute atomic E-state index is 13.8. The lowest BCUT2D eigenvalue weighted by Crippen LogP contribution is -2.47. The molecular weight excluding hydrogens is 443 g/mol. The molecule has 1 saturated heterocycles. The van der Waals surface area contributed by atoms with Crippen molar-refractivity contribution in [2.24, 2.45) is 5.92 Å². The highest BCUT2D eigenvalue weighted by Crippen LogP contribution is 2.33. The highest BCUT2D eigenvalue weighted by molar-refractivity contribution is 5.98. The highest BCUT2D eigenvalue weighted by atomic mass is 19.4. The molecule has 3 aromatic rings. The van der Waals surface area contributed by atoms with Crippen LogP contribution in [0.3, 0.4) is 0 Å². The summed E-state index contributed by atoms with van der Waals surface area (Å²) in [5.74, 6) is 0.435. The Balaban J connectivity index is 1.62. The summed E-state index contributed by atoms with van der Waals surface area (Å²) in [5, 5.41) is 0. The molecule has 1 amide bonds. The molecule has 0 spiro atoms. The Morgan fingerprint density at radius 1 is 1.06 bits per heavy atom. The number of halogens is 3. The van der Waals surface area contributed by atoms with Crippen LogP contribution in [0.4, 0.5) is 13.2 Å². The van der Waals surface area contributed by atoms with Gasteiger partial charge < -0.3 is 4.90 Å². The van der Waals surface area contributed by atoms with Gasteiger partial charge >= 0.3 is 6.18 Å². The smallest absolute Gasteiger partial charge is 0.334 e. The molecule has 0 aromatic carbocycles. The third-order valence-corrected chi connectivity index (χ3v) is 6.16. The van der Waals surface area contributed by atoms with E-state index >= 15 is 0 Å². The minimum Gasteiger partial charge on any atom is -0.334 e. The Morgan fingerprint density at radius 3 is 2.53 bits per heavy atom. The van der Waals surface area contributed by atoms with Gasteiger partial charge in [0.05, 0.1) is 16.8 Å². The molecule has 9 heteroatoms. The van der Waals surface area contributed by atoms with E-state index in [9.17, 15) is 18.0 Å². The lowest BCUT2D eigenvalue weighted by atomic mass is 9.90. The standard InChI is InChI=1S/C25H26F3N5O/c1-16-6-8-18(9-11-21-20(25(26,27)28)5-3-12-29-21)33(15-16)24(34)22-19(10-7-17(2)32-22)23-30-13-4-14-31-23/h3-5,7,10,12-14,16,18H,6,8-9,11,15H2,1-2H3/t16-,18-/m0/s1. The van der Waals surface area contributed by atoms with E-state index in [1.54, 1.807) is 35.5 Å². The van der Waals surface area contributed by atoms with Gasteiger partial charge in [0, 0.05) is 36.9 Å². The first-order valence-corrected chi connectivity index (χ1v) is 11.3. The predicted octanol–water partition coefficient (Wildman–Crippen LogP) is 5.13. The van der Waals surface area contributed by atoms with Crippen molar-refractivity contribution in [1.29, 1.82) is 0 Å². The summed E-state index contributed by atoms with van der Waals surface area (Å²) in [4.78, 5) is 32.6. The Hall–Kier alpha value is -3.36. The fraction of sp³-hybridized carbons (Fsp3) is 0.400. The number of piperidine rings is 1. The van der Waals surface area contributed by atoms with E-state index in [1.807, 2.05) is 6.92 Å². The Labute approximate surface area is 196 Å². The minimum atomic E-state index is -4.46. The molecule has 0 N–H and O–H groups in total. The second kappa shape index (κ2) is 9.87. The first-order chi connectivity index (χ1) is 16.2. The molecule has 6 nitrogen and oxygen atoms in total. The molecule has 2 atom stereocenters. The van der Waals surface area contributed by atoms with Crippen molar-refractivity contribution in [3.63, 3.8) is 0 Å². The maximum Gasteiger partial charge on any atom is 0.418 e. The van der Waals surface area contributed by atoms with Crippen LogP contribution in [0, 0.1) is 12.8 Å². The Bertz CT molecular complexity index is 1150. The molecule has 1 fully saturated rings. The van der Waals surface area contributed by atoms with Crippen molar-refractivity contribution in [1.82, 2.24) is 24.8 Å². The molecule has 0 unspecified atom stereocenters. The van der Waals surface area contributed by atoms with E-state index < -0.39 is 11.7 Å². The number of amides is 1. The molecule has 178 valence electrons. The predicted molar refractivity (Wildman–Crippen MR) is 121 cm³/mol. The van der Waals surface area contributed by atoms with Gasteiger partial charge in [-0.3, -0.25) is 9.78 Å². The monoisotopic (exact) mass is 469 g/mol. The van der Waals surface area contributed by atoms with Gasteiger partial charge in [0.15, 0.2) is 5.82 Å². The van der Waals surface area contributed by atoms with Crippen molar-refractivity contribution >= 4 is 5.91 Å². The average molecular weight is 470 g/mol. The number of hydrogen-bond donors (Lipinski definition) is 0. The second-order valence-electron chi connectivity index (χ2n) is 8.75. The third-order valence-electron chi connectivity index (χ3n) is 6.16. The second-order valence-corrected chi connectivity index (χ2v) is 8.75. The summed E-state index contributed by atoms with van der Waals surface area (Å²) in [6, 6.07) is 7.42. The molecule has 0 aliphatic carbocycles. The number of hydrogen-bond acceptors (Lipinski definition) is 5. The molecule has 0 saturated carbocycles. The Morgan fingerprint density at radius 2 is 1.79 bits per heavy atom. The molecule has 1 aliphatic heterocycles. The number of rotatable bonds is 5. The van der Waals surface area contributed by atoms with Crippen LogP contribution >= 0.6 is 0 Å². The van der Waals surface area contributed by atoms with E-state index in [0.717, 1.165) is 12.5 Å². The topological polar surface area (TPSA) is 71.9 Å². The molecular formula is C25H26F3N5O. The SMILES string of the molecule is Cc1ccc(-c2ncccn2)c(C(=O)N2C[C@@H](C)CC[C@H]2CCc2ncccc2C(F)(F)F)n1. The Kier molecular flexibility index (Phi) is 6.90. The number of aryl methyl sites for hydroxylation is 2. The van der Waals surface area contributed by atoms with Crippen molar-refractivity contribution in [3.8, 4) is 11.4 Å². The van der Waals surface area contributed by atoms with Crippen LogP contribution in [0.15, 0.2) is 48.9 Å². The van der Waals surface area contributed by atoms with E-state index in [2.05, 4.69) is 26.9 Å². The fourth-order valence-electron chi connectivity index (χ4n) is 4.43. The van der Waals surface area contributed by atoms with Gasteiger partial charge in [-0.05, 0) is 68.9 Å². The minimum absolute atomic E-state index is 0.00748. The van der Waals surface area contributed by atoms with Gasteiger partial charge in [0.1, 0.15) is 5.69 Å². The first-order valence-electron chi connectivity index (χ1n) is 11.3. The number of alkyl halides is 3. The van der Waals surface area contributed by atoms with E-state index in [1.165, 1.54) is 12.3 Å². The summed E-state index contributed by atoms with van der Waals surface area (Å²) < 4.78 is 40.2. The van der Waals surface area contributed by atoms with E-state index in [0.29, 0.717) is 36.5 Å². The number of carbonyl (C=O) groups excluding carboxylic acids is 1. The summed E-state index contributed by atoms with van der Waals surface area (Å²) in [7, 11) is 0. The van der Waals surface area contributed by atoms with Crippen LogP contribution in [-0.4, -0.2) is 43.3 Å². The number of nitrogens with zero attached hydrogens (tertiary/aromatic N) is 5. The first kappa shape index (κ1) is 23.8. The van der Waals surface area contributed by atoms with Crippen molar-refractivity contribution in [2.45, 2.75) is 51.7 Å². The number of likely N-dealkylation sites (tertiary alicyclic amines) is 1. The van der Waals surface area contributed by atoms with Crippen LogP contribution in [0.2, 0.25) is 0 Å². The van der Waals surface area contributed by atoms with Crippen LogP contribution < -0.4 is 0 Å². The van der Waals surface area contributed by atoms with Gasteiger partial charge in [-0.15, -0.1) is 0 Å². The highest BCUT2D eigenvalue weighted by Gasteiger charge is 2.36. The summed E-state index contributed by atoms with van der Waals surface area (Å²) in [6.07, 6.45) is 2.26. The van der Waals surface area contributed by atoms with Crippen LogP contribution in [0.1, 0.15) is 53.6 Å². The van der Waals surface area contributed by atoms with E-state index in [-0.39, 0.29) is 35.7 Å². The molecule has 0 bridgehead atoms. The number of carbonyl (C=O) groups is 1. The van der Waals surface area contributed by atoms with Crippen molar-refractivity contribution in [3.05, 3.63) is 71.6 Å². The van der Waals surface area contributed by atoms with Crippen LogP contribution in [0.5, 0.6) is 0 Å². The lowest BCUT2D eigenvalue weighted by Gasteiger charge is -2.39. The molecule has 4 rings (SSSR count). The normalized spacial score (nSPS) is 18.7. The lowest BCUT2D eigenvalue weighted by molar-refractivity contribution is -0.138. The van der Waals surface area contributed by atoms with Crippen molar-refractivity contribution < 1.29 is 18.0 Å². The summed E-state index contributed by atoms with van der Waals surface area (Å²) in [5.41, 5.74) is 0.776. The fourth-order valence-corrected chi connectivity index (χ4v) is 4.43. The molecule has 0 radical (unpaired) electrons. The zero-order chi connectivity index (χ0) is 24.3. The maximum atomic E-state index is 13.8. The molecule has 1 aliphatic rings. The summed E-state index contributed by atoms with van der Waals surface area (Å²) >= 11 is 0. The zero-order valence-electron chi connectivity index (χ0n) is 19.1. The van der Waals surface area contributed by atoms with E-state index in [4.69, 9.17) is 0 Å². The molecule has 4 heterocycles. The largest absolute Gasteiger partial charge is 0.418 e. The van der Waals surface area contributed by atoms with Crippen LogP contribution in [0.25, 0.3) is 11.4 Å².